The molecular weight excluding hydrogens is 378 g/mol. The Labute approximate surface area is 175 Å². The summed E-state index contributed by atoms with van der Waals surface area (Å²) in [5.41, 5.74) is 3.02. The summed E-state index contributed by atoms with van der Waals surface area (Å²) >= 11 is 0. The fourth-order valence-electron chi connectivity index (χ4n) is 2.92. The van der Waals surface area contributed by atoms with Crippen LogP contribution in [0.3, 0.4) is 0 Å². The Morgan fingerprint density at radius 3 is 2.37 bits per heavy atom. The van der Waals surface area contributed by atoms with Gasteiger partial charge in [-0.05, 0) is 55.0 Å². The Kier molecular flexibility index (Phi) is 5.90. The van der Waals surface area contributed by atoms with Crippen molar-refractivity contribution in [1.29, 1.82) is 0 Å². The largest absolute Gasteiger partial charge is 0.490 e. The van der Waals surface area contributed by atoms with Crippen molar-refractivity contribution in [2.75, 3.05) is 13.2 Å². The van der Waals surface area contributed by atoms with Gasteiger partial charge < -0.3 is 14.2 Å². The number of esters is 1. The molecule has 0 bridgehead atoms. The number of aliphatic imine (C=N–C) groups is 1. The van der Waals surface area contributed by atoms with Crippen LogP contribution in [0, 0.1) is 6.92 Å². The van der Waals surface area contributed by atoms with E-state index in [1.54, 1.807) is 6.08 Å². The first kappa shape index (κ1) is 19.5. The van der Waals surface area contributed by atoms with Crippen LogP contribution in [0.1, 0.15) is 16.7 Å². The van der Waals surface area contributed by atoms with E-state index >= 15 is 0 Å². The van der Waals surface area contributed by atoms with Crippen LogP contribution >= 0.6 is 0 Å². The smallest absolute Gasteiger partial charge is 0.363 e. The Morgan fingerprint density at radius 2 is 1.60 bits per heavy atom. The van der Waals surface area contributed by atoms with Gasteiger partial charge in [-0.25, -0.2) is 9.79 Å². The number of benzene rings is 3. The molecule has 0 aromatic heterocycles. The molecule has 4 rings (SSSR count). The first-order valence-corrected chi connectivity index (χ1v) is 9.68. The third-order valence-electron chi connectivity index (χ3n) is 4.44. The molecule has 0 spiro atoms. The molecule has 30 heavy (non-hydrogen) atoms. The first-order valence-electron chi connectivity index (χ1n) is 9.68. The molecule has 0 unspecified atom stereocenters. The van der Waals surface area contributed by atoms with Gasteiger partial charge in [0.2, 0.25) is 5.90 Å². The van der Waals surface area contributed by atoms with Crippen molar-refractivity contribution in [3.63, 3.8) is 0 Å². The summed E-state index contributed by atoms with van der Waals surface area (Å²) < 4.78 is 16.7. The van der Waals surface area contributed by atoms with Crippen LogP contribution in [0.2, 0.25) is 0 Å². The van der Waals surface area contributed by atoms with Crippen LogP contribution in [0.15, 0.2) is 89.6 Å². The lowest BCUT2D eigenvalue weighted by atomic mass is 10.2. The van der Waals surface area contributed by atoms with Gasteiger partial charge in [-0.2, -0.15) is 0 Å². The first-order chi connectivity index (χ1) is 14.7. The third-order valence-corrected chi connectivity index (χ3v) is 4.44. The van der Waals surface area contributed by atoms with Crippen LogP contribution in [0.25, 0.3) is 6.08 Å². The summed E-state index contributed by atoms with van der Waals surface area (Å²) in [5.74, 6) is 1.35. The minimum Gasteiger partial charge on any atom is -0.490 e. The topological polar surface area (TPSA) is 57.1 Å². The maximum atomic E-state index is 12.2. The summed E-state index contributed by atoms with van der Waals surface area (Å²) in [7, 11) is 0. The molecule has 0 saturated carbocycles. The van der Waals surface area contributed by atoms with E-state index in [-0.39, 0.29) is 5.70 Å². The molecule has 0 amide bonds. The molecule has 0 aliphatic carbocycles. The molecule has 3 aromatic carbocycles. The molecule has 1 heterocycles. The normalized spacial score (nSPS) is 14.4. The number of carbonyl (C=O) groups excluding carboxylic acids is 1. The van der Waals surface area contributed by atoms with E-state index in [4.69, 9.17) is 14.2 Å². The zero-order chi connectivity index (χ0) is 20.8. The average Bonchev–Trinajstić information content (AvgIpc) is 3.14. The predicted molar refractivity (Wildman–Crippen MR) is 116 cm³/mol. The van der Waals surface area contributed by atoms with Crippen LogP contribution in [-0.4, -0.2) is 25.1 Å². The molecular formula is C25H21NO4. The van der Waals surface area contributed by atoms with Crippen LogP contribution in [-0.2, 0) is 9.53 Å². The predicted octanol–water partition coefficient (Wildman–Crippen LogP) is 4.80. The maximum absolute atomic E-state index is 12.2. The van der Waals surface area contributed by atoms with E-state index < -0.39 is 5.97 Å². The van der Waals surface area contributed by atoms with Crippen LogP contribution in [0.5, 0.6) is 11.5 Å². The SMILES string of the molecule is Cc1ccc(OCCOc2cccc(/C=C3/N=C(c4ccccc4)OC3=O)c2)cc1. The highest BCUT2D eigenvalue weighted by molar-refractivity contribution is 6.12. The molecule has 5 heteroatoms. The summed E-state index contributed by atoms with van der Waals surface area (Å²) in [4.78, 5) is 16.5. The van der Waals surface area contributed by atoms with E-state index in [1.807, 2.05) is 85.8 Å². The van der Waals surface area contributed by atoms with Gasteiger partial charge in [0.25, 0.3) is 0 Å². The maximum Gasteiger partial charge on any atom is 0.363 e. The Balaban J connectivity index is 1.37. The number of rotatable bonds is 7. The van der Waals surface area contributed by atoms with Gasteiger partial charge >= 0.3 is 5.97 Å². The summed E-state index contributed by atoms with van der Waals surface area (Å²) in [5, 5.41) is 0. The Morgan fingerprint density at radius 1 is 0.867 bits per heavy atom. The second kappa shape index (κ2) is 9.09. The number of carbonyl (C=O) groups is 1. The van der Waals surface area contributed by atoms with E-state index in [2.05, 4.69) is 4.99 Å². The lowest BCUT2D eigenvalue weighted by Gasteiger charge is -2.09. The van der Waals surface area contributed by atoms with E-state index in [0.717, 1.165) is 16.9 Å². The molecule has 150 valence electrons. The number of aryl methyl sites for hydroxylation is 1. The quantitative estimate of drug-likeness (QED) is 0.325. The van der Waals surface area contributed by atoms with Gasteiger partial charge in [0.15, 0.2) is 5.70 Å². The third kappa shape index (κ3) is 4.94. The van der Waals surface area contributed by atoms with Gasteiger partial charge in [0.1, 0.15) is 24.7 Å². The van der Waals surface area contributed by atoms with Crippen molar-refractivity contribution in [3.8, 4) is 11.5 Å². The molecule has 0 saturated heterocycles. The highest BCUT2D eigenvalue weighted by atomic mass is 16.6. The van der Waals surface area contributed by atoms with Gasteiger partial charge in [0, 0.05) is 5.56 Å². The van der Waals surface area contributed by atoms with Gasteiger partial charge in [-0.3, -0.25) is 0 Å². The van der Waals surface area contributed by atoms with Gasteiger partial charge in [-0.15, -0.1) is 0 Å². The van der Waals surface area contributed by atoms with Crippen LogP contribution in [0.4, 0.5) is 0 Å². The van der Waals surface area contributed by atoms with E-state index in [1.165, 1.54) is 5.56 Å². The second-order valence-corrected chi connectivity index (χ2v) is 6.78. The monoisotopic (exact) mass is 399 g/mol. The zero-order valence-electron chi connectivity index (χ0n) is 16.6. The van der Waals surface area contributed by atoms with E-state index in [0.29, 0.717) is 24.9 Å². The highest BCUT2D eigenvalue weighted by Gasteiger charge is 2.23. The summed E-state index contributed by atoms with van der Waals surface area (Å²) in [6.45, 7) is 2.88. The van der Waals surface area contributed by atoms with Crippen molar-refractivity contribution in [2.24, 2.45) is 4.99 Å². The number of cyclic esters (lactones) is 1. The fourth-order valence-corrected chi connectivity index (χ4v) is 2.92. The lowest BCUT2D eigenvalue weighted by Crippen LogP contribution is -2.09. The Hall–Kier alpha value is -3.86. The molecule has 0 N–H and O–H groups in total. The fraction of sp³-hybridized carbons (Fsp3) is 0.120. The second-order valence-electron chi connectivity index (χ2n) is 6.78. The molecule has 1 aliphatic heterocycles. The Bertz CT molecular complexity index is 1090. The van der Waals surface area contributed by atoms with Gasteiger partial charge in [-0.1, -0.05) is 48.0 Å². The number of hydrogen-bond acceptors (Lipinski definition) is 5. The number of nitrogens with zero attached hydrogens (tertiary/aromatic N) is 1. The highest BCUT2D eigenvalue weighted by Crippen LogP contribution is 2.21. The molecule has 0 radical (unpaired) electrons. The standard InChI is InChI=1S/C25H21NO4/c1-18-10-12-21(13-11-18)28-14-15-29-22-9-5-6-19(16-22)17-23-25(27)30-24(26-23)20-7-3-2-4-8-20/h2-13,16-17H,14-15H2,1H3/b23-17+. The van der Waals surface area contributed by atoms with E-state index in [9.17, 15) is 4.79 Å². The lowest BCUT2D eigenvalue weighted by molar-refractivity contribution is -0.129. The van der Waals surface area contributed by atoms with Crippen LogP contribution < -0.4 is 9.47 Å². The molecule has 1 aliphatic rings. The van der Waals surface area contributed by atoms with Crippen molar-refractivity contribution in [2.45, 2.75) is 6.92 Å². The minimum atomic E-state index is -0.466. The molecule has 3 aromatic rings. The van der Waals surface area contributed by atoms with Crippen molar-refractivity contribution < 1.29 is 19.0 Å². The average molecular weight is 399 g/mol. The zero-order valence-corrected chi connectivity index (χ0v) is 16.6. The van der Waals surface area contributed by atoms with Gasteiger partial charge in [0.05, 0.1) is 0 Å². The minimum absolute atomic E-state index is 0.258. The van der Waals surface area contributed by atoms with Crippen molar-refractivity contribution in [3.05, 3.63) is 101 Å². The number of hydrogen-bond donors (Lipinski definition) is 0. The molecule has 0 atom stereocenters. The summed E-state index contributed by atoms with van der Waals surface area (Å²) in [6.07, 6.45) is 1.69. The summed E-state index contributed by atoms with van der Waals surface area (Å²) in [6, 6.07) is 24.7. The van der Waals surface area contributed by atoms with Crippen molar-refractivity contribution in [1.82, 2.24) is 0 Å². The molecule has 0 fully saturated rings. The molecule has 5 nitrogen and oxygen atoms in total. The van der Waals surface area contributed by atoms with Crippen molar-refractivity contribution >= 4 is 17.9 Å². The number of ether oxygens (including phenoxy) is 3.